The molecule has 3 rings (SSSR count). The van der Waals surface area contributed by atoms with Gasteiger partial charge >= 0.3 is 0 Å². The van der Waals surface area contributed by atoms with Crippen LogP contribution in [0.15, 0.2) is 30.3 Å². The fourth-order valence-electron chi connectivity index (χ4n) is 3.15. The number of hydrogen-bond acceptors (Lipinski definition) is 3. The molecule has 1 saturated carbocycles. The maximum absolute atomic E-state index is 12.6. The van der Waals surface area contributed by atoms with Crippen molar-refractivity contribution in [3.63, 3.8) is 0 Å². The highest BCUT2D eigenvalue weighted by atomic mass is 16.5. The molecule has 1 aliphatic carbocycles. The summed E-state index contributed by atoms with van der Waals surface area (Å²) in [5, 5.41) is 6.49. The zero-order valence-electron chi connectivity index (χ0n) is 11.9. The minimum Gasteiger partial charge on any atom is -0.384 e. The summed E-state index contributed by atoms with van der Waals surface area (Å²) in [5.41, 5.74) is 0.946. The quantitative estimate of drug-likeness (QED) is 0.850. The van der Waals surface area contributed by atoms with Crippen molar-refractivity contribution < 1.29 is 9.53 Å². The zero-order valence-corrected chi connectivity index (χ0v) is 11.9. The van der Waals surface area contributed by atoms with E-state index in [9.17, 15) is 4.79 Å². The lowest BCUT2D eigenvalue weighted by Crippen LogP contribution is -2.46. The summed E-state index contributed by atoms with van der Waals surface area (Å²) in [4.78, 5) is 12.6. The second-order valence-corrected chi connectivity index (χ2v) is 5.97. The number of ether oxygens (including phenoxy) is 1. The molecule has 1 aromatic carbocycles. The van der Waals surface area contributed by atoms with Crippen LogP contribution < -0.4 is 10.6 Å². The zero-order chi connectivity index (χ0) is 14.0. The third-order valence-corrected chi connectivity index (χ3v) is 4.48. The first kappa shape index (κ1) is 13.6. The molecule has 1 heterocycles. The normalized spacial score (nSPS) is 32.0. The first-order valence-electron chi connectivity index (χ1n) is 7.31. The van der Waals surface area contributed by atoms with Gasteiger partial charge in [-0.1, -0.05) is 30.3 Å². The Labute approximate surface area is 119 Å². The lowest BCUT2D eigenvalue weighted by molar-refractivity contribution is -0.133. The number of amides is 1. The van der Waals surface area contributed by atoms with Crippen LogP contribution in [0.25, 0.3) is 0 Å². The molecule has 0 spiro atoms. The second kappa shape index (κ2) is 5.54. The fraction of sp³-hybridized carbons (Fsp3) is 0.562. The number of rotatable bonds is 5. The molecule has 1 saturated heterocycles. The molecule has 4 nitrogen and oxygen atoms in total. The van der Waals surface area contributed by atoms with Crippen LogP contribution in [0.4, 0.5) is 0 Å². The first-order chi connectivity index (χ1) is 9.75. The van der Waals surface area contributed by atoms with E-state index in [1.165, 1.54) is 5.56 Å². The number of benzene rings is 1. The maximum atomic E-state index is 12.6. The molecular weight excluding hydrogens is 252 g/mol. The van der Waals surface area contributed by atoms with E-state index >= 15 is 0 Å². The number of carbonyl (C=O) groups excluding carboxylic acids is 1. The van der Waals surface area contributed by atoms with E-state index in [2.05, 4.69) is 34.9 Å². The van der Waals surface area contributed by atoms with Crippen molar-refractivity contribution in [2.45, 2.75) is 24.8 Å². The van der Waals surface area contributed by atoms with Crippen LogP contribution in [0.5, 0.6) is 0 Å². The molecule has 2 aliphatic rings. The monoisotopic (exact) mass is 274 g/mol. The Balaban J connectivity index is 1.60. The third-order valence-electron chi connectivity index (χ3n) is 4.48. The van der Waals surface area contributed by atoms with Gasteiger partial charge in [0.2, 0.25) is 5.91 Å². The predicted molar refractivity (Wildman–Crippen MR) is 77.5 cm³/mol. The highest BCUT2D eigenvalue weighted by Gasteiger charge is 2.46. The molecule has 4 heteroatoms. The maximum Gasteiger partial charge on any atom is 0.230 e. The molecule has 3 unspecified atom stereocenters. The Hall–Kier alpha value is -1.39. The summed E-state index contributed by atoms with van der Waals surface area (Å²) >= 11 is 0. The molecule has 0 bridgehead atoms. The van der Waals surface area contributed by atoms with Crippen LogP contribution in [-0.4, -0.2) is 38.8 Å². The van der Waals surface area contributed by atoms with Crippen molar-refractivity contribution in [2.75, 3.05) is 26.8 Å². The molecule has 108 valence electrons. The van der Waals surface area contributed by atoms with Crippen molar-refractivity contribution in [3.05, 3.63) is 35.9 Å². The van der Waals surface area contributed by atoms with E-state index in [0.717, 1.165) is 25.9 Å². The number of carbonyl (C=O) groups is 1. The van der Waals surface area contributed by atoms with Crippen molar-refractivity contribution >= 4 is 5.91 Å². The molecule has 0 aromatic heterocycles. The van der Waals surface area contributed by atoms with Crippen LogP contribution in [0.3, 0.4) is 0 Å². The Bertz CT molecular complexity index is 469. The Kier molecular flexibility index (Phi) is 3.76. The average molecular weight is 274 g/mol. The third kappa shape index (κ3) is 2.58. The van der Waals surface area contributed by atoms with Crippen LogP contribution in [0, 0.1) is 5.41 Å². The van der Waals surface area contributed by atoms with Gasteiger partial charge in [-0.2, -0.15) is 0 Å². The number of hydrogen-bond donors (Lipinski definition) is 2. The molecule has 0 radical (unpaired) electrons. The van der Waals surface area contributed by atoms with E-state index in [4.69, 9.17) is 4.74 Å². The second-order valence-electron chi connectivity index (χ2n) is 5.97. The van der Waals surface area contributed by atoms with Gasteiger partial charge in [0, 0.05) is 25.6 Å². The number of methoxy groups -OCH3 is 1. The van der Waals surface area contributed by atoms with Crippen LogP contribution in [0.1, 0.15) is 24.3 Å². The summed E-state index contributed by atoms with van der Waals surface area (Å²) in [6.45, 7) is 2.10. The topological polar surface area (TPSA) is 50.4 Å². The standard InChI is InChI=1S/C16H22N2O2/c1-20-11-16(7-8-17-10-16)15(19)18-14-9-13(14)12-5-3-2-4-6-12/h2-6,13-14,17H,7-11H2,1H3,(H,18,19). The summed E-state index contributed by atoms with van der Waals surface area (Å²) in [7, 11) is 1.66. The van der Waals surface area contributed by atoms with E-state index in [1.807, 2.05) is 6.07 Å². The highest BCUT2D eigenvalue weighted by molar-refractivity contribution is 5.84. The van der Waals surface area contributed by atoms with Gasteiger partial charge in [0.1, 0.15) is 0 Å². The predicted octanol–water partition coefficient (Wildman–Crippen LogP) is 1.28. The molecule has 3 atom stereocenters. The lowest BCUT2D eigenvalue weighted by atomic mass is 9.87. The molecule has 1 amide bonds. The Morgan fingerprint density at radius 3 is 2.90 bits per heavy atom. The smallest absolute Gasteiger partial charge is 0.230 e. The molecule has 2 N–H and O–H groups in total. The van der Waals surface area contributed by atoms with Gasteiger partial charge in [0.25, 0.3) is 0 Å². The van der Waals surface area contributed by atoms with Gasteiger partial charge in [-0.3, -0.25) is 4.79 Å². The van der Waals surface area contributed by atoms with E-state index in [1.54, 1.807) is 7.11 Å². The van der Waals surface area contributed by atoms with Gasteiger partial charge < -0.3 is 15.4 Å². The molecule has 2 fully saturated rings. The fourth-order valence-corrected chi connectivity index (χ4v) is 3.15. The summed E-state index contributed by atoms with van der Waals surface area (Å²) < 4.78 is 5.26. The Morgan fingerprint density at radius 2 is 2.25 bits per heavy atom. The van der Waals surface area contributed by atoms with Crippen molar-refractivity contribution in [3.8, 4) is 0 Å². The van der Waals surface area contributed by atoms with Gasteiger partial charge in [-0.05, 0) is 24.9 Å². The SMILES string of the molecule is COCC1(C(=O)NC2CC2c2ccccc2)CCNC1. The Morgan fingerprint density at radius 1 is 1.45 bits per heavy atom. The number of nitrogens with one attached hydrogen (secondary N) is 2. The van der Waals surface area contributed by atoms with Crippen molar-refractivity contribution in [1.82, 2.24) is 10.6 Å². The highest BCUT2D eigenvalue weighted by Crippen LogP contribution is 2.41. The minimum absolute atomic E-state index is 0.146. The summed E-state index contributed by atoms with van der Waals surface area (Å²) in [6.07, 6.45) is 1.90. The van der Waals surface area contributed by atoms with Crippen LogP contribution >= 0.6 is 0 Å². The van der Waals surface area contributed by atoms with E-state index < -0.39 is 0 Å². The summed E-state index contributed by atoms with van der Waals surface area (Å²) in [5.74, 6) is 0.627. The van der Waals surface area contributed by atoms with E-state index in [-0.39, 0.29) is 11.3 Å². The van der Waals surface area contributed by atoms with Gasteiger partial charge in [-0.15, -0.1) is 0 Å². The van der Waals surface area contributed by atoms with Crippen molar-refractivity contribution in [1.29, 1.82) is 0 Å². The molecule has 1 aliphatic heterocycles. The largest absolute Gasteiger partial charge is 0.384 e. The lowest BCUT2D eigenvalue weighted by Gasteiger charge is -2.26. The molecule has 20 heavy (non-hydrogen) atoms. The van der Waals surface area contributed by atoms with Crippen molar-refractivity contribution in [2.24, 2.45) is 5.41 Å². The van der Waals surface area contributed by atoms with Crippen LogP contribution in [0.2, 0.25) is 0 Å². The van der Waals surface area contributed by atoms with E-state index in [0.29, 0.717) is 18.6 Å². The van der Waals surface area contributed by atoms with Gasteiger partial charge in [-0.25, -0.2) is 0 Å². The molecular formula is C16H22N2O2. The van der Waals surface area contributed by atoms with Gasteiger partial charge in [0.05, 0.1) is 12.0 Å². The average Bonchev–Trinajstić information content (AvgIpc) is 3.07. The minimum atomic E-state index is -0.376. The van der Waals surface area contributed by atoms with Gasteiger partial charge in [0.15, 0.2) is 0 Å². The molecule has 1 aromatic rings. The first-order valence-corrected chi connectivity index (χ1v) is 7.31. The van der Waals surface area contributed by atoms with Crippen LogP contribution in [-0.2, 0) is 9.53 Å². The summed E-state index contributed by atoms with van der Waals surface area (Å²) in [6, 6.07) is 10.7.